The number of fused-ring (bicyclic) bond motifs is 1. The number of nitrogens with one attached hydrogen (secondary N) is 1. The van der Waals surface area contributed by atoms with Crippen LogP contribution in [0, 0.1) is 27.7 Å². The molecular weight excluding hydrogens is 386 g/mol. The van der Waals surface area contributed by atoms with Crippen molar-refractivity contribution in [1.29, 1.82) is 0 Å². The minimum Gasteiger partial charge on any atom is -0.352 e. The number of hydrogen-bond acceptors (Lipinski definition) is 4. The van der Waals surface area contributed by atoms with Crippen LogP contribution in [-0.2, 0) is 11.3 Å². The molecule has 29 heavy (non-hydrogen) atoms. The molecule has 1 N–H and O–H groups in total. The minimum absolute atomic E-state index is 0.0196. The molecule has 0 aliphatic rings. The fraction of sp³-hybridized carbons (Fsp3) is 0.409. The fourth-order valence-corrected chi connectivity index (χ4v) is 4.40. The van der Waals surface area contributed by atoms with Gasteiger partial charge in [-0.15, -0.1) is 11.3 Å². The van der Waals surface area contributed by atoms with E-state index >= 15 is 0 Å². The van der Waals surface area contributed by atoms with Gasteiger partial charge in [-0.3, -0.25) is 14.2 Å². The number of amides is 1. The molecule has 7 heteroatoms. The van der Waals surface area contributed by atoms with Crippen LogP contribution in [0.15, 0.2) is 27.8 Å². The summed E-state index contributed by atoms with van der Waals surface area (Å²) in [5.74, 6) is -0.239. The molecule has 0 radical (unpaired) electrons. The molecule has 0 bridgehead atoms. The van der Waals surface area contributed by atoms with Crippen molar-refractivity contribution in [3.8, 4) is 5.69 Å². The molecule has 3 rings (SSSR count). The number of carbonyl (C=O) groups is 1. The predicted molar refractivity (Wildman–Crippen MR) is 119 cm³/mol. The quantitative estimate of drug-likeness (QED) is 0.697. The number of thiophene rings is 1. The molecule has 1 unspecified atom stereocenters. The molecule has 6 nitrogen and oxygen atoms in total. The van der Waals surface area contributed by atoms with Gasteiger partial charge in [-0.25, -0.2) is 9.36 Å². The summed E-state index contributed by atoms with van der Waals surface area (Å²) >= 11 is 1.38. The molecule has 0 spiro atoms. The lowest BCUT2D eigenvalue weighted by Gasteiger charge is -2.15. The van der Waals surface area contributed by atoms with Gasteiger partial charge in [-0.1, -0.05) is 13.0 Å². The Morgan fingerprint density at radius 2 is 1.83 bits per heavy atom. The highest BCUT2D eigenvalue weighted by Crippen LogP contribution is 2.27. The maximum absolute atomic E-state index is 13.4. The lowest BCUT2D eigenvalue weighted by Crippen LogP contribution is -2.42. The maximum Gasteiger partial charge on any atom is 0.337 e. The highest BCUT2D eigenvalue weighted by atomic mass is 32.1. The molecule has 0 saturated carbocycles. The summed E-state index contributed by atoms with van der Waals surface area (Å²) in [6, 6.07) is 5.52. The average Bonchev–Trinajstić information content (AvgIpc) is 2.96. The Kier molecular flexibility index (Phi) is 5.80. The first kappa shape index (κ1) is 21.0. The minimum atomic E-state index is -0.494. The lowest BCUT2D eigenvalue weighted by atomic mass is 10.1. The first-order valence-corrected chi connectivity index (χ1v) is 10.6. The number of hydrogen-bond donors (Lipinski definition) is 1. The van der Waals surface area contributed by atoms with Crippen LogP contribution in [0.3, 0.4) is 0 Å². The highest BCUT2D eigenvalue weighted by Gasteiger charge is 2.21. The molecule has 0 saturated heterocycles. The number of nitrogens with zero attached hydrogens (tertiary/aromatic N) is 2. The molecule has 1 atom stereocenters. The highest BCUT2D eigenvalue weighted by molar-refractivity contribution is 7.18. The van der Waals surface area contributed by atoms with Crippen molar-refractivity contribution in [2.24, 2.45) is 0 Å². The van der Waals surface area contributed by atoms with E-state index in [1.807, 2.05) is 53.7 Å². The zero-order chi connectivity index (χ0) is 21.5. The van der Waals surface area contributed by atoms with Gasteiger partial charge in [0.2, 0.25) is 5.91 Å². The Hall–Kier alpha value is -2.67. The van der Waals surface area contributed by atoms with Crippen LogP contribution < -0.4 is 16.6 Å². The number of carbonyl (C=O) groups excluding carboxylic acids is 1. The molecule has 3 aromatic rings. The van der Waals surface area contributed by atoms with Crippen LogP contribution >= 0.6 is 11.3 Å². The Morgan fingerprint density at radius 1 is 1.14 bits per heavy atom. The number of benzene rings is 1. The van der Waals surface area contributed by atoms with Gasteiger partial charge in [0.05, 0.1) is 11.1 Å². The van der Waals surface area contributed by atoms with Crippen molar-refractivity contribution in [1.82, 2.24) is 14.5 Å². The van der Waals surface area contributed by atoms with E-state index in [1.54, 1.807) is 6.07 Å². The molecule has 2 heterocycles. The normalized spacial score (nSPS) is 12.3. The van der Waals surface area contributed by atoms with Gasteiger partial charge in [-0.05, 0) is 69.9 Å². The zero-order valence-electron chi connectivity index (χ0n) is 17.8. The second-order valence-electron chi connectivity index (χ2n) is 7.62. The van der Waals surface area contributed by atoms with E-state index in [0.29, 0.717) is 15.9 Å². The SMILES string of the molecule is CCC(C)NC(=O)Cn1c(=O)n(-c2ccc(C)c(C)c2)c(=O)c2c(C)c(C)sc21. The largest absolute Gasteiger partial charge is 0.352 e. The Labute approximate surface area is 173 Å². The summed E-state index contributed by atoms with van der Waals surface area (Å²) in [7, 11) is 0. The first-order chi connectivity index (χ1) is 13.6. The van der Waals surface area contributed by atoms with Crippen molar-refractivity contribution in [3.63, 3.8) is 0 Å². The summed E-state index contributed by atoms with van der Waals surface area (Å²) in [5, 5.41) is 3.40. The molecule has 154 valence electrons. The van der Waals surface area contributed by atoms with E-state index in [0.717, 1.165) is 28.0 Å². The van der Waals surface area contributed by atoms with Crippen LogP contribution in [0.4, 0.5) is 0 Å². The second-order valence-corrected chi connectivity index (χ2v) is 8.82. The molecular formula is C22H27N3O3S. The molecule has 2 aromatic heterocycles. The molecule has 0 aliphatic carbocycles. The van der Waals surface area contributed by atoms with Gasteiger partial charge < -0.3 is 5.32 Å². The van der Waals surface area contributed by atoms with Gasteiger partial charge in [-0.2, -0.15) is 0 Å². The van der Waals surface area contributed by atoms with E-state index < -0.39 is 5.69 Å². The second kappa shape index (κ2) is 7.99. The standard InChI is InChI=1S/C22H27N3O3S/c1-7-14(4)23-18(26)11-24-21-19(15(5)16(6)29-21)20(27)25(22(24)28)17-9-8-12(2)13(3)10-17/h8-10,14H,7,11H2,1-6H3,(H,23,26). The van der Waals surface area contributed by atoms with Crippen LogP contribution in [0.25, 0.3) is 15.9 Å². The van der Waals surface area contributed by atoms with E-state index in [2.05, 4.69) is 5.32 Å². The molecule has 0 fully saturated rings. The monoisotopic (exact) mass is 413 g/mol. The van der Waals surface area contributed by atoms with Crippen molar-refractivity contribution in [2.75, 3.05) is 0 Å². The molecule has 1 amide bonds. The van der Waals surface area contributed by atoms with Gasteiger partial charge in [0.15, 0.2) is 0 Å². The van der Waals surface area contributed by atoms with Crippen LogP contribution in [0.2, 0.25) is 0 Å². The average molecular weight is 414 g/mol. The summed E-state index contributed by atoms with van der Waals surface area (Å²) < 4.78 is 2.61. The van der Waals surface area contributed by atoms with Crippen molar-refractivity contribution in [3.05, 3.63) is 60.6 Å². The van der Waals surface area contributed by atoms with E-state index in [4.69, 9.17) is 0 Å². The van der Waals surface area contributed by atoms with Gasteiger partial charge >= 0.3 is 5.69 Å². The summed E-state index contributed by atoms with van der Waals surface area (Å²) in [4.78, 5) is 40.7. The van der Waals surface area contributed by atoms with Crippen molar-refractivity contribution >= 4 is 27.5 Å². The van der Waals surface area contributed by atoms with Crippen LogP contribution in [0.1, 0.15) is 41.8 Å². The summed E-state index contributed by atoms with van der Waals surface area (Å²) in [6.07, 6.45) is 0.801. The summed E-state index contributed by atoms with van der Waals surface area (Å²) in [5.41, 5.74) is 2.61. The van der Waals surface area contributed by atoms with Gasteiger partial charge in [0.1, 0.15) is 11.4 Å². The third-order valence-electron chi connectivity index (χ3n) is 5.52. The fourth-order valence-electron chi connectivity index (χ4n) is 3.26. The Morgan fingerprint density at radius 3 is 2.45 bits per heavy atom. The third kappa shape index (κ3) is 3.79. The predicted octanol–water partition coefficient (Wildman–Crippen LogP) is 3.36. The number of aryl methyl sites for hydroxylation is 4. The van der Waals surface area contributed by atoms with Crippen molar-refractivity contribution in [2.45, 2.75) is 60.5 Å². The van der Waals surface area contributed by atoms with E-state index in [9.17, 15) is 14.4 Å². The topological polar surface area (TPSA) is 73.1 Å². The summed E-state index contributed by atoms with van der Waals surface area (Å²) in [6.45, 7) is 11.5. The third-order valence-corrected chi connectivity index (χ3v) is 6.75. The van der Waals surface area contributed by atoms with Gasteiger partial charge in [0, 0.05) is 10.9 Å². The van der Waals surface area contributed by atoms with Gasteiger partial charge in [0.25, 0.3) is 5.56 Å². The zero-order valence-corrected chi connectivity index (χ0v) is 18.6. The van der Waals surface area contributed by atoms with E-state index in [-0.39, 0.29) is 24.1 Å². The van der Waals surface area contributed by atoms with E-state index in [1.165, 1.54) is 20.5 Å². The Bertz CT molecular complexity index is 1220. The molecule has 0 aliphatic heterocycles. The molecule has 1 aromatic carbocycles. The lowest BCUT2D eigenvalue weighted by molar-refractivity contribution is -0.122. The van der Waals surface area contributed by atoms with Crippen LogP contribution in [0.5, 0.6) is 0 Å². The maximum atomic E-state index is 13.4. The Balaban J connectivity index is 2.29. The van der Waals surface area contributed by atoms with Crippen LogP contribution in [-0.4, -0.2) is 21.1 Å². The smallest absolute Gasteiger partial charge is 0.337 e. The number of aromatic nitrogens is 2. The first-order valence-electron chi connectivity index (χ1n) is 9.78. The van der Waals surface area contributed by atoms with Crippen molar-refractivity contribution < 1.29 is 4.79 Å². The number of rotatable bonds is 5.